The van der Waals surface area contributed by atoms with Crippen LogP contribution in [-0.2, 0) is 11.3 Å². The average Bonchev–Trinajstić information content (AvgIpc) is 3.30. The van der Waals surface area contributed by atoms with Gasteiger partial charge in [-0.3, -0.25) is 4.79 Å². The summed E-state index contributed by atoms with van der Waals surface area (Å²) in [7, 11) is 1.33. The van der Waals surface area contributed by atoms with E-state index in [1.165, 1.54) is 18.4 Å². The number of hydrogen-bond acceptors (Lipinski definition) is 5. The topological polar surface area (TPSA) is 59.5 Å². The van der Waals surface area contributed by atoms with E-state index in [2.05, 4.69) is 9.72 Å². The smallest absolute Gasteiger partial charge is 0.357 e. The Morgan fingerprint density at radius 2 is 2.09 bits per heavy atom. The minimum Gasteiger partial charge on any atom is -0.464 e. The van der Waals surface area contributed by atoms with Crippen LogP contribution >= 0.6 is 11.3 Å². The van der Waals surface area contributed by atoms with Crippen LogP contribution in [0.15, 0.2) is 29.6 Å². The van der Waals surface area contributed by atoms with Crippen molar-refractivity contribution in [2.45, 2.75) is 32.4 Å². The average molecular weight is 330 g/mol. The molecule has 0 bridgehead atoms. The number of rotatable bonds is 5. The van der Waals surface area contributed by atoms with Gasteiger partial charge in [0.15, 0.2) is 5.69 Å². The Bertz CT molecular complexity index is 737. The minimum atomic E-state index is -0.448. The van der Waals surface area contributed by atoms with Crippen molar-refractivity contribution in [3.8, 4) is 0 Å². The molecule has 0 aliphatic heterocycles. The number of hydrogen-bond donors (Lipinski definition) is 0. The highest BCUT2D eigenvalue weighted by molar-refractivity contribution is 7.09. The van der Waals surface area contributed by atoms with Gasteiger partial charge in [0.05, 0.1) is 13.7 Å². The Kier molecular flexibility index (Phi) is 4.43. The van der Waals surface area contributed by atoms with E-state index < -0.39 is 5.97 Å². The molecule has 1 saturated carbocycles. The molecule has 3 rings (SSSR count). The summed E-state index contributed by atoms with van der Waals surface area (Å²) in [5, 5.41) is 2.42. The molecule has 1 heterocycles. The number of amides is 1. The van der Waals surface area contributed by atoms with Crippen molar-refractivity contribution in [3.63, 3.8) is 0 Å². The molecule has 1 amide bonds. The number of carbonyl (C=O) groups excluding carboxylic acids is 2. The summed E-state index contributed by atoms with van der Waals surface area (Å²) < 4.78 is 4.67. The van der Waals surface area contributed by atoms with Crippen LogP contribution in [-0.4, -0.2) is 34.9 Å². The zero-order chi connectivity index (χ0) is 16.4. The lowest BCUT2D eigenvalue weighted by Gasteiger charge is -2.22. The number of aromatic nitrogens is 1. The van der Waals surface area contributed by atoms with Crippen LogP contribution in [0.2, 0.25) is 0 Å². The molecule has 0 spiro atoms. The summed E-state index contributed by atoms with van der Waals surface area (Å²) in [4.78, 5) is 30.5. The fourth-order valence-corrected chi connectivity index (χ4v) is 3.21. The van der Waals surface area contributed by atoms with E-state index in [-0.39, 0.29) is 11.9 Å². The van der Waals surface area contributed by atoms with Gasteiger partial charge in [0.2, 0.25) is 0 Å². The second kappa shape index (κ2) is 6.50. The summed E-state index contributed by atoms with van der Waals surface area (Å²) in [5.74, 6) is -0.420. The number of esters is 1. The maximum atomic E-state index is 12.9. The number of methoxy groups -OCH3 is 1. The summed E-state index contributed by atoms with van der Waals surface area (Å²) in [5.41, 5.74) is 1.99. The molecule has 0 unspecified atom stereocenters. The van der Waals surface area contributed by atoms with Crippen LogP contribution in [0, 0.1) is 6.92 Å². The summed E-state index contributed by atoms with van der Waals surface area (Å²) in [6.07, 6.45) is 2.04. The van der Waals surface area contributed by atoms with E-state index in [0.717, 1.165) is 29.0 Å². The lowest BCUT2D eigenvalue weighted by Crippen LogP contribution is -2.33. The first-order chi connectivity index (χ1) is 11.1. The molecule has 0 saturated heterocycles. The Labute approximate surface area is 138 Å². The first-order valence-electron chi connectivity index (χ1n) is 7.49. The van der Waals surface area contributed by atoms with Gasteiger partial charge in [0.1, 0.15) is 5.01 Å². The molecule has 0 atom stereocenters. The molecule has 6 heteroatoms. The molecule has 1 aromatic heterocycles. The number of thiazole rings is 1. The van der Waals surface area contributed by atoms with E-state index in [9.17, 15) is 9.59 Å². The number of ether oxygens (including phenoxy) is 1. The largest absolute Gasteiger partial charge is 0.464 e. The molecule has 0 N–H and O–H groups in total. The number of nitrogens with zero attached hydrogens (tertiary/aromatic N) is 2. The molecule has 1 fully saturated rings. The Balaban J connectivity index is 1.80. The number of benzene rings is 1. The van der Waals surface area contributed by atoms with E-state index in [1.54, 1.807) is 5.38 Å². The van der Waals surface area contributed by atoms with Gasteiger partial charge in [0, 0.05) is 17.0 Å². The van der Waals surface area contributed by atoms with E-state index >= 15 is 0 Å². The molecule has 0 radical (unpaired) electrons. The fraction of sp³-hybridized carbons (Fsp3) is 0.353. The standard InChI is InChI=1S/C17H18N2O3S/c1-11-5-3-4-6-13(11)16(20)19(12-7-8-12)9-15-18-14(10-23-15)17(21)22-2/h3-6,10,12H,7-9H2,1-2H3. The second-order valence-electron chi connectivity index (χ2n) is 5.60. The van der Waals surface area contributed by atoms with Gasteiger partial charge in [0.25, 0.3) is 5.91 Å². The van der Waals surface area contributed by atoms with Gasteiger partial charge < -0.3 is 9.64 Å². The minimum absolute atomic E-state index is 0.0282. The zero-order valence-corrected chi connectivity index (χ0v) is 13.9. The molecule has 1 aliphatic rings. The van der Waals surface area contributed by atoms with Crippen molar-refractivity contribution in [2.24, 2.45) is 0 Å². The molecule has 120 valence electrons. The second-order valence-corrected chi connectivity index (χ2v) is 6.54. The van der Waals surface area contributed by atoms with Crippen molar-refractivity contribution >= 4 is 23.2 Å². The van der Waals surface area contributed by atoms with Crippen molar-refractivity contribution in [1.29, 1.82) is 0 Å². The first kappa shape index (κ1) is 15.7. The third-order valence-electron chi connectivity index (χ3n) is 3.88. The predicted molar refractivity (Wildman–Crippen MR) is 87.5 cm³/mol. The van der Waals surface area contributed by atoms with Crippen molar-refractivity contribution in [3.05, 3.63) is 51.5 Å². The maximum absolute atomic E-state index is 12.9. The molecule has 2 aromatic rings. The molecular weight excluding hydrogens is 312 g/mol. The molecule has 1 aromatic carbocycles. The fourth-order valence-electron chi connectivity index (χ4n) is 2.45. The third kappa shape index (κ3) is 3.42. The van der Waals surface area contributed by atoms with Crippen LogP contribution in [0.5, 0.6) is 0 Å². The SMILES string of the molecule is COC(=O)c1csc(CN(C(=O)c2ccccc2C)C2CC2)n1. The normalized spacial score (nSPS) is 13.7. The van der Waals surface area contributed by atoms with Crippen LogP contribution < -0.4 is 0 Å². The van der Waals surface area contributed by atoms with E-state index in [4.69, 9.17) is 0 Å². The van der Waals surface area contributed by atoms with Gasteiger partial charge in [-0.05, 0) is 31.4 Å². The van der Waals surface area contributed by atoms with Gasteiger partial charge in [-0.2, -0.15) is 0 Å². The Morgan fingerprint density at radius 3 is 2.74 bits per heavy atom. The monoisotopic (exact) mass is 330 g/mol. The van der Waals surface area contributed by atoms with E-state index in [0.29, 0.717) is 12.2 Å². The maximum Gasteiger partial charge on any atom is 0.357 e. The summed E-state index contributed by atoms with van der Waals surface area (Å²) in [6.45, 7) is 2.37. The van der Waals surface area contributed by atoms with Crippen molar-refractivity contribution in [1.82, 2.24) is 9.88 Å². The van der Waals surface area contributed by atoms with Gasteiger partial charge in [-0.1, -0.05) is 18.2 Å². The number of aryl methyl sites for hydroxylation is 1. The van der Waals surface area contributed by atoms with Crippen molar-refractivity contribution < 1.29 is 14.3 Å². The van der Waals surface area contributed by atoms with Gasteiger partial charge in [-0.15, -0.1) is 11.3 Å². The van der Waals surface area contributed by atoms with Crippen LogP contribution in [0.1, 0.15) is 44.3 Å². The highest BCUT2D eigenvalue weighted by atomic mass is 32.1. The highest BCUT2D eigenvalue weighted by Crippen LogP contribution is 2.31. The Hall–Kier alpha value is -2.21. The summed E-state index contributed by atoms with van der Waals surface area (Å²) >= 11 is 1.38. The lowest BCUT2D eigenvalue weighted by atomic mass is 10.1. The first-order valence-corrected chi connectivity index (χ1v) is 8.37. The van der Waals surface area contributed by atoms with Crippen LogP contribution in [0.4, 0.5) is 0 Å². The Morgan fingerprint density at radius 1 is 1.35 bits per heavy atom. The van der Waals surface area contributed by atoms with Gasteiger partial charge in [-0.25, -0.2) is 9.78 Å². The molecule has 5 nitrogen and oxygen atoms in total. The molecule has 23 heavy (non-hydrogen) atoms. The van der Waals surface area contributed by atoms with Crippen LogP contribution in [0.25, 0.3) is 0 Å². The summed E-state index contributed by atoms with van der Waals surface area (Å²) in [6, 6.07) is 7.88. The molecular formula is C17H18N2O3S. The highest BCUT2D eigenvalue weighted by Gasteiger charge is 2.34. The number of carbonyl (C=O) groups is 2. The molecule has 1 aliphatic carbocycles. The van der Waals surface area contributed by atoms with Gasteiger partial charge >= 0.3 is 5.97 Å². The van der Waals surface area contributed by atoms with E-state index in [1.807, 2.05) is 36.1 Å². The lowest BCUT2D eigenvalue weighted by molar-refractivity contribution is 0.0594. The van der Waals surface area contributed by atoms with Crippen LogP contribution in [0.3, 0.4) is 0 Å². The third-order valence-corrected chi connectivity index (χ3v) is 4.71. The predicted octanol–water partition coefficient (Wildman–Crippen LogP) is 3.04. The van der Waals surface area contributed by atoms with Crippen molar-refractivity contribution in [2.75, 3.05) is 7.11 Å². The zero-order valence-electron chi connectivity index (χ0n) is 13.1. The quantitative estimate of drug-likeness (QED) is 0.791.